The highest BCUT2D eigenvalue weighted by atomic mass is 32.1. The highest BCUT2D eigenvalue weighted by molar-refractivity contribution is 7.17. The minimum absolute atomic E-state index is 0.124. The molecular weight excluding hydrogens is 396 g/mol. The molecule has 0 saturated heterocycles. The molecule has 2 aromatic carbocycles. The molecule has 2 N–H and O–H groups in total. The maximum Gasteiger partial charge on any atom is 0.267 e. The van der Waals surface area contributed by atoms with Crippen LogP contribution in [0.4, 0.5) is 19.6 Å². The van der Waals surface area contributed by atoms with Crippen molar-refractivity contribution in [1.82, 2.24) is 4.98 Å². The van der Waals surface area contributed by atoms with E-state index in [0.29, 0.717) is 10.6 Å². The molecule has 0 saturated carbocycles. The number of aryl methyl sites for hydroxylation is 4. The zero-order chi connectivity index (χ0) is 21.3. The van der Waals surface area contributed by atoms with Crippen LogP contribution in [-0.4, -0.2) is 16.8 Å². The number of aromatic nitrogens is 1. The van der Waals surface area contributed by atoms with Gasteiger partial charge in [-0.1, -0.05) is 29.0 Å². The first-order chi connectivity index (χ1) is 13.7. The zero-order valence-electron chi connectivity index (χ0n) is 16.3. The molecule has 0 spiro atoms. The van der Waals surface area contributed by atoms with Gasteiger partial charge in [-0.05, 0) is 57.0 Å². The molecule has 0 aliphatic carbocycles. The number of nitrogens with one attached hydrogen (secondary N) is 2. The molecule has 29 heavy (non-hydrogen) atoms. The minimum Gasteiger partial charge on any atom is -0.321 e. The molecule has 0 bridgehead atoms. The SMILES string of the molecule is Cc1cc(C)c(NC(=O)c2sc(NC(=O)c3cc(F)ccc3F)nc2C)c(C)c1. The molecule has 0 radical (unpaired) electrons. The number of halogens is 2. The normalized spacial score (nSPS) is 10.7. The van der Waals surface area contributed by atoms with Gasteiger partial charge in [0.1, 0.15) is 16.5 Å². The third-order valence-corrected chi connectivity index (χ3v) is 5.38. The Bertz CT molecular complexity index is 1100. The molecule has 0 unspecified atom stereocenters. The molecule has 0 aliphatic rings. The number of carbonyl (C=O) groups excluding carboxylic acids is 2. The van der Waals surface area contributed by atoms with Gasteiger partial charge in [0, 0.05) is 5.69 Å². The van der Waals surface area contributed by atoms with Crippen molar-refractivity contribution in [3.63, 3.8) is 0 Å². The predicted molar refractivity (Wildman–Crippen MR) is 110 cm³/mol. The largest absolute Gasteiger partial charge is 0.321 e. The van der Waals surface area contributed by atoms with Gasteiger partial charge in [-0.2, -0.15) is 0 Å². The van der Waals surface area contributed by atoms with Gasteiger partial charge in [0.2, 0.25) is 0 Å². The molecule has 3 rings (SSSR count). The van der Waals surface area contributed by atoms with E-state index in [-0.39, 0.29) is 11.0 Å². The van der Waals surface area contributed by atoms with Gasteiger partial charge in [-0.3, -0.25) is 14.9 Å². The van der Waals surface area contributed by atoms with Crippen molar-refractivity contribution in [2.45, 2.75) is 27.7 Å². The van der Waals surface area contributed by atoms with Crippen LogP contribution in [0.2, 0.25) is 0 Å². The topological polar surface area (TPSA) is 71.1 Å². The number of rotatable bonds is 4. The minimum atomic E-state index is -0.847. The van der Waals surface area contributed by atoms with E-state index >= 15 is 0 Å². The summed E-state index contributed by atoms with van der Waals surface area (Å²) >= 11 is 0.963. The maximum atomic E-state index is 13.8. The first-order valence-electron chi connectivity index (χ1n) is 8.78. The lowest BCUT2D eigenvalue weighted by molar-refractivity contribution is 0.101. The Labute approximate surface area is 170 Å². The van der Waals surface area contributed by atoms with Crippen molar-refractivity contribution in [1.29, 1.82) is 0 Å². The van der Waals surface area contributed by atoms with Crippen LogP contribution in [-0.2, 0) is 0 Å². The number of benzene rings is 2. The average molecular weight is 415 g/mol. The third kappa shape index (κ3) is 4.48. The summed E-state index contributed by atoms with van der Waals surface area (Å²) in [6.45, 7) is 7.44. The van der Waals surface area contributed by atoms with E-state index in [0.717, 1.165) is 51.9 Å². The van der Waals surface area contributed by atoms with Crippen LogP contribution in [0.3, 0.4) is 0 Å². The van der Waals surface area contributed by atoms with Crippen molar-refractivity contribution in [2.24, 2.45) is 0 Å². The van der Waals surface area contributed by atoms with Crippen LogP contribution >= 0.6 is 11.3 Å². The average Bonchev–Trinajstić information content (AvgIpc) is 3.00. The van der Waals surface area contributed by atoms with Gasteiger partial charge in [-0.15, -0.1) is 0 Å². The summed E-state index contributed by atoms with van der Waals surface area (Å²) in [5.41, 5.74) is 3.68. The zero-order valence-corrected chi connectivity index (χ0v) is 17.1. The fourth-order valence-electron chi connectivity index (χ4n) is 3.04. The van der Waals surface area contributed by atoms with Crippen molar-refractivity contribution in [3.05, 3.63) is 74.8 Å². The van der Waals surface area contributed by atoms with Gasteiger partial charge in [0.25, 0.3) is 11.8 Å². The summed E-state index contributed by atoms with van der Waals surface area (Å²) in [4.78, 5) is 29.4. The molecule has 1 aromatic heterocycles. The predicted octanol–water partition coefficient (Wildman–Crippen LogP) is 5.16. The van der Waals surface area contributed by atoms with Crippen molar-refractivity contribution >= 4 is 34.0 Å². The number of amides is 2. The second-order valence-corrected chi connectivity index (χ2v) is 7.74. The standard InChI is InChI=1S/C21H19F2N3O2S/c1-10-7-11(2)17(12(3)8-10)25-20(28)18-13(4)24-21(29-18)26-19(27)15-9-14(22)5-6-16(15)23/h5-9H,1-4H3,(H,25,28)(H,24,26,27). The van der Waals surface area contributed by atoms with Gasteiger partial charge in [0.15, 0.2) is 5.13 Å². The Morgan fingerprint density at radius 3 is 2.24 bits per heavy atom. The van der Waals surface area contributed by atoms with Gasteiger partial charge >= 0.3 is 0 Å². The Morgan fingerprint density at radius 1 is 0.931 bits per heavy atom. The maximum absolute atomic E-state index is 13.8. The fraction of sp³-hybridized carbons (Fsp3) is 0.190. The molecule has 8 heteroatoms. The van der Waals surface area contributed by atoms with Crippen molar-refractivity contribution in [2.75, 3.05) is 10.6 Å². The Balaban J connectivity index is 1.80. The summed E-state index contributed by atoms with van der Waals surface area (Å²) in [7, 11) is 0. The van der Waals surface area contributed by atoms with Crippen LogP contribution in [0.15, 0.2) is 30.3 Å². The Kier molecular flexibility index (Phi) is 5.74. The lowest BCUT2D eigenvalue weighted by atomic mass is 10.1. The van der Waals surface area contributed by atoms with E-state index in [1.165, 1.54) is 0 Å². The van der Waals surface area contributed by atoms with Crippen LogP contribution < -0.4 is 10.6 Å². The summed E-state index contributed by atoms with van der Waals surface area (Å²) < 4.78 is 27.1. The summed E-state index contributed by atoms with van der Waals surface area (Å²) in [5.74, 6) is -2.77. The van der Waals surface area contributed by atoms with Gasteiger partial charge in [-0.25, -0.2) is 13.8 Å². The fourth-order valence-corrected chi connectivity index (χ4v) is 3.90. The van der Waals surface area contributed by atoms with E-state index in [9.17, 15) is 18.4 Å². The van der Waals surface area contributed by atoms with Crippen LogP contribution in [0.5, 0.6) is 0 Å². The summed E-state index contributed by atoms with van der Waals surface area (Å²) in [5, 5.41) is 5.43. The first-order valence-corrected chi connectivity index (χ1v) is 9.60. The highest BCUT2D eigenvalue weighted by Gasteiger charge is 2.20. The lowest BCUT2D eigenvalue weighted by Gasteiger charge is -2.12. The van der Waals surface area contributed by atoms with Crippen molar-refractivity contribution < 1.29 is 18.4 Å². The van der Waals surface area contributed by atoms with Crippen molar-refractivity contribution in [3.8, 4) is 0 Å². The molecule has 150 valence electrons. The van der Waals surface area contributed by atoms with E-state index in [1.807, 2.05) is 32.9 Å². The van der Waals surface area contributed by atoms with E-state index in [2.05, 4.69) is 15.6 Å². The second kappa shape index (κ2) is 8.08. The number of nitrogens with zero attached hydrogens (tertiary/aromatic N) is 1. The second-order valence-electron chi connectivity index (χ2n) is 6.74. The highest BCUT2D eigenvalue weighted by Crippen LogP contribution is 2.27. The number of anilines is 2. The first kappa shape index (κ1) is 20.6. The van der Waals surface area contributed by atoms with Crippen LogP contribution in [0, 0.1) is 39.3 Å². The Hall–Kier alpha value is -3.13. The number of hydrogen-bond donors (Lipinski definition) is 2. The lowest BCUT2D eigenvalue weighted by Crippen LogP contribution is -2.14. The number of carbonyl (C=O) groups is 2. The van der Waals surface area contributed by atoms with E-state index < -0.39 is 23.1 Å². The summed E-state index contributed by atoms with van der Waals surface area (Å²) in [6, 6.07) is 6.56. The smallest absolute Gasteiger partial charge is 0.267 e. The molecular formula is C21H19F2N3O2S. The summed E-state index contributed by atoms with van der Waals surface area (Å²) in [6.07, 6.45) is 0. The number of thiazole rings is 1. The van der Waals surface area contributed by atoms with Crippen LogP contribution in [0.1, 0.15) is 42.4 Å². The third-order valence-electron chi connectivity index (χ3n) is 4.31. The molecule has 0 atom stereocenters. The van der Waals surface area contributed by atoms with Gasteiger partial charge < -0.3 is 5.32 Å². The van der Waals surface area contributed by atoms with E-state index in [4.69, 9.17) is 0 Å². The molecule has 2 amide bonds. The molecule has 5 nitrogen and oxygen atoms in total. The van der Waals surface area contributed by atoms with E-state index in [1.54, 1.807) is 6.92 Å². The molecule has 0 fully saturated rings. The monoisotopic (exact) mass is 415 g/mol. The van der Waals surface area contributed by atoms with Crippen LogP contribution in [0.25, 0.3) is 0 Å². The van der Waals surface area contributed by atoms with Gasteiger partial charge in [0.05, 0.1) is 11.3 Å². The molecule has 0 aliphatic heterocycles. The molecule has 1 heterocycles. The quantitative estimate of drug-likeness (QED) is 0.618. The molecule has 3 aromatic rings. The Morgan fingerprint density at radius 2 is 1.59 bits per heavy atom. The number of hydrogen-bond acceptors (Lipinski definition) is 4.